The van der Waals surface area contributed by atoms with E-state index in [1.165, 1.54) is 19.3 Å². The Balaban J connectivity index is 1.98. The monoisotopic (exact) mass is 243 g/mol. The number of nitrogens with one attached hydrogen (secondary N) is 1. The molecule has 1 aliphatic rings. The largest absolute Gasteiger partial charge is 0.382 e. The van der Waals surface area contributed by atoms with Crippen molar-refractivity contribution in [3.8, 4) is 0 Å². The molecule has 0 aliphatic heterocycles. The van der Waals surface area contributed by atoms with Crippen LogP contribution in [0.15, 0.2) is 0 Å². The second-order valence-electron chi connectivity index (χ2n) is 5.29. The second-order valence-corrected chi connectivity index (χ2v) is 5.29. The summed E-state index contributed by atoms with van der Waals surface area (Å²) in [5, 5.41) is 3.68. The summed E-state index contributed by atoms with van der Waals surface area (Å²) in [4.78, 5) is 0. The van der Waals surface area contributed by atoms with Gasteiger partial charge in [0, 0.05) is 19.8 Å². The summed E-state index contributed by atoms with van der Waals surface area (Å²) in [7, 11) is 1.70. The Morgan fingerprint density at radius 3 is 2.71 bits per heavy atom. The fourth-order valence-electron chi connectivity index (χ4n) is 2.58. The first-order chi connectivity index (χ1) is 8.25. The van der Waals surface area contributed by atoms with E-state index in [9.17, 15) is 0 Å². The minimum absolute atomic E-state index is 0.699. The summed E-state index contributed by atoms with van der Waals surface area (Å²) >= 11 is 0. The van der Waals surface area contributed by atoms with Gasteiger partial charge in [-0.2, -0.15) is 0 Å². The molecule has 0 aromatic heterocycles. The zero-order valence-corrected chi connectivity index (χ0v) is 11.7. The van der Waals surface area contributed by atoms with Gasteiger partial charge in [0.2, 0.25) is 0 Å². The molecule has 0 aromatic rings. The topological polar surface area (TPSA) is 30.5 Å². The number of hydrogen-bond donors (Lipinski definition) is 1. The maximum atomic E-state index is 5.45. The van der Waals surface area contributed by atoms with E-state index < -0.39 is 0 Å². The number of hydrogen-bond acceptors (Lipinski definition) is 3. The highest BCUT2D eigenvalue weighted by molar-refractivity contribution is 4.81. The van der Waals surface area contributed by atoms with Crippen molar-refractivity contribution in [1.29, 1.82) is 0 Å². The van der Waals surface area contributed by atoms with Crippen molar-refractivity contribution in [3.63, 3.8) is 0 Å². The molecule has 1 saturated carbocycles. The molecule has 0 aromatic carbocycles. The highest BCUT2D eigenvalue weighted by atomic mass is 16.5. The van der Waals surface area contributed by atoms with Crippen LogP contribution in [-0.4, -0.2) is 39.5 Å². The van der Waals surface area contributed by atoms with Gasteiger partial charge in [-0.05, 0) is 31.2 Å². The van der Waals surface area contributed by atoms with Gasteiger partial charge in [-0.25, -0.2) is 0 Å². The third-order valence-electron chi connectivity index (χ3n) is 4.01. The van der Waals surface area contributed by atoms with Gasteiger partial charge in [-0.3, -0.25) is 0 Å². The molecular weight excluding hydrogens is 214 g/mol. The average Bonchev–Trinajstić information content (AvgIpc) is 2.33. The Kier molecular flexibility index (Phi) is 7.82. The predicted octanol–water partition coefficient (Wildman–Crippen LogP) is 2.45. The normalized spacial score (nSPS) is 29.5. The molecule has 3 heteroatoms. The van der Waals surface area contributed by atoms with Crippen LogP contribution in [0.3, 0.4) is 0 Å². The third kappa shape index (κ3) is 5.84. The summed E-state index contributed by atoms with van der Waals surface area (Å²) in [6, 6.07) is 0.720. The Bertz CT molecular complexity index is 187. The van der Waals surface area contributed by atoms with Crippen LogP contribution in [0.4, 0.5) is 0 Å². The maximum Gasteiger partial charge on any atom is 0.0700 e. The summed E-state index contributed by atoms with van der Waals surface area (Å²) < 4.78 is 10.4. The van der Waals surface area contributed by atoms with Gasteiger partial charge < -0.3 is 14.8 Å². The lowest BCUT2D eigenvalue weighted by atomic mass is 9.78. The molecule has 3 atom stereocenters. The van der Waals surface area contributed by atoms with E-state index in [4.69, 9.17) is 9.47 Å². The van der Waals surface area contributed by atoms with E-state index in [0.717, 1.165) is 37.5 Å². The number of ether oxygens (including phenoxy) is 2. The molecule has 102 valence electrons. The molecule has 1 N–H and O–H groups in total. The van der Waals surface area contributed by atoms with Crippen molar-refractivity contribution >= 4 is 0 Å². The zero-order chi connectivity index (χ0) is 12.5. The molecule has 0 saturated heterocycles. The standard InChI is InChI=1S/C14H29NO2/c1-12-6-4-7-14(13(12)2)15-8-5-9-17-11-10-16-3/h12-15H,4-11H2,1-3H3. The van der Waals surface area contributed by atoms with Crippen LogP contribution in [0.5, 0.6) is 0 Å². The third-order valence-corrected chi connectivity index (χ3v) is 4.01. The molecule has 3 unspecified atom stereocenters. The summed E-state index contributed by atoms with van der Waals surface area (Å²) in [5.74, 6) is 1.69. The van der Waals surface area contributed by atoms with E-state index in [1.54, 1.807) is 7.11 Å². The Labute approximate surface area is 106 Å². The van der Waals surface area contributed by atoms with Gasteiger partial charge in [0.25, 0.3) is 0 Å². The molecular formula is C14H29NO2. The average molecular weight is 243 g/mol. The quantitative estimate of drug-likeness (QED) is 0.664. The molecule has 0 radical (unpaired) electrons. The van der Waals surface area contributed by atoms with E-state index in [2.05, 4.69) is 19.2 Å². The smallest absolute Gasteiger partial charge is 0.0700 e. The molecule has 0 heterocycles. The maximum absolute atomic E-state index is 5.45. The van der Waals surface area contributed by atoms with Gasteiger partial charge >= 0.3 is 0 Å². The number of methoxy groups -OCH3 is 1. The molecule has 3 nitrogen and oxygen atoms in total. The van der Waals surface area contributed by atoms with Crippen molar-refractivity contribution in [2.45, 2.75) is 45.6 Å². The van der Waals surface area contributed by atoms with Crippen LogP contribution >= 0.6 is 0 Å². The summed E-state index contributed by atoms with van der Waals surface area (Å²) in [6.45, 7) is 8.10. The Hall–Kier alpha value is -0.120. The lowest BCUT2D eigenvalue weighted by Crippen LogP contribution is -2.41. The first-order valence-electron chi connectivity index (χ1n) is 7.05. The molecule has 0 spiro atoms. The zero-order valence-electron chi connectivity index (χ0n) is 11.7. The van der Waals surface area contributed by atoms with Crippen molar-refractivity contribution in [1.82, 2.24) is 5.32 Å². The molecule has 1 aliphatic carbocycles. The first kappa shape index (κ1) is 14.9. The molecule has 0 amide bonds. The van der Waals surface area contributed by atoms with Gasteiger partial charge in [-0.15, -0.1) is 0 Å². The van der Waals surface area contributed by atoms with Crippen LogP contribution in [-0.2, 0) is 9.47 Å². The fraction of sp³-hybridized carbons (Fsp3) is 1.00. The Morgan fingerprint density at radius 1 is 1.12 bits per heavy atom. The fourth-order valence-corrected chi connectivity index (χ4v) is 2.58. The van der Waals surface area contributed by atoms with Crippen molar-refractivity contribution < 1.29 is 9.47 Å². The summed E-state index contributed by atoms with van der Waals surface area (Å²) in [5.41, 5.74) is 0. The van der Waals surface area contributed by atoms with Crippen LogP contribution in [0.25, 0.3) is 0 Å². The molecule has 1 fully saturated rings. The molecule has 17 heavy (non-hydrogen) atoms. The second kappa shape index (κ2) is 8.90. The van der Waals surface area contributed by atoms with Crippen molar-refractivity contribution in [2.24, 2.45) is 11.8 Å². The van der Waals surface area contributed by atoms with E-state index in [-0.39, 0.29) is 0 Å². The first-order valence-corrected chi connectivity index (χ1v) is 7.05. The van der Waals surface area contributed by atoms with Crippen LogP contribution in [0.2, 0.25) is 0 Å². The minimum atomic E-state index is 0.699. The molecule has 1 rings (SSSR count). The van der Waals surface area contributed by atoms with Crippen molar-refractivity contribution in [3.05, 3.63) is 0 Å². The van der Waals surface area contributed by atoms with Gasteiger partial charge in [0.05, 0.1) is 13.2 Å². The summed E-state index contributed by atoms with van der Waals surface area (Å²) in [6.07, 6.45) is 5.23. The lowest BCUT2D eigenvalue weighted by molar-refractivity contribution is 0.0685. The highest BCUT2D eigenvalue weighted by Gasteiger charge is 2.26. The predicted molar refractivity (Wildman–Crippen MR) is 71.3 cm³/mol. The van der Waals surface area contributed by atoms with Crippen LogP contribution in [0, 0.1) is 11.8 Å². The van der Waals surface area contributed by atoms with E-state index in [0.29, 0.717) is 13.2 Å². The van der Waals surface area contributed by atoms with Crippen LogP contribution in [0.1, 0.15) is 39.5 Å². The Morgan fingerprint density at radius 2 is 1.94 bits per heavy atom. The van der Waals surface area contributed by atoms with Gasteiger partial charge in [0.1, 0.15) is 0 Å². The van der Waals surface area contributed by atoms with Gasteiger partial charge in [0.15, 0.2) is 0 Å². The number of rotatable bonds is 8. The lowest BCUT2D eigenvalue weighted by Gasteiger charge is -2.34. The van der Waals surface area contributed by atoms with Gasteiger partial charge in [-0.1, -0.05) is 26.7 Å². The van der Waals surface area contributed by atoms with E-state index >= 15 is 0 Å². The van der Waals surface area contributed by atoms with Crippen molar-refractivity contribution in [2.75, 3.05) is 33.5 Å². The van der Waals surface area contributed by atoms with Crippen LogP contribution < -0.4 is 5.32 Å². The molecule has 0 bridgehead atoms. The SMILES string of the molecule is COCCOCCCNC1CCCC(C)C1C. The highest BCUT2D eigenvalue weighted by Crippen LogP contribution is 2.29. The van der Waals surface area contributed by atoms with E-state index in [1.807, 2.05) is 0 Å². The minimum Gasteiger partial charge on any atom is -0.382 e.